The van der Waals surface area contributed by atoms with Crippen molar-refractivity contribution in [3.8, 4) is 0 Å². The molecule has 0 aromatic heterocycles. The molecule has 1 aliphatic rings. The first-order valence-corrected chi connectivity index (χ1v) is 11.3. The summed E-state index contributed by atoms with van der Waals surface area (Å²) in [6.45, 7) is 0.523. The summed E-state index contributed by atoms with van der Waals surface area (Å²) in [6.07, 6.45) is 0. The maximum absolute atomic E-state index is 13.5. The number of fused-ring (bicyclic) bond motifs is 2. The van der Waals surface area contributed by atoms with Gasteiger partial charge in [0.15, 0.2) is 0 Å². The highest BCUT2D eigenvalue weighted by Gasteiger charge is 2.20. The van der Waals surface area contributed by atoms with E-state index in [2.05, 4.69) is 10.9 Å². The molecule has 162 valence electrons. The second-order valence-corrected chi connectivity index (χ2v) is 8.63. The van der Waals surface area contributed by atoms with Crippen LogP contribution in [0.4, 0.5) is 10.1 Å². The molecular formula is C27H20FN3OS. The van der Waals surface area contributed by atoms with Gasteiger partial charge in [-0.2, -0.15) is 0 Å². The van der Waals surface area contributed by atoms with Gasteiger partial charge >= 0.3 is 0 Å². The smallest absolute Gasteiger partial charge is 0.265 e. The average Bonchev–Trinajstić information content (AvgIpc) is 3.01. The zero-order valence-electron chi connectivity index (χ0n) is 17.6. The average molecular weight is 454 g/mol. The third kappa shape index (κ3) is 4.72. The lowest BCUT2D eigenvalue weighted by atomic mass is 10.0. The normalized spacial score (nSPS) is 12.2. The Labute approximate surface area is 195 Å². The van der Waals surface area contributed by atoms with Crippen molar-refractivity contribution < 1.29 is 9.18 Å². The first kappa shape index (κ1) is 21.1. The number of halogens is 1. The van der Waals surface area contributed by atoms with Gasteiger partial charge in [-0.15, -0.1) is 0 Å². The van der Waals surface area contributed by atoms with Crippen LogP contribution in [0.3, 0.4) is 0 Å². The lowest BCUT2D eigenvalue weighted by Gasteiger charge is -2.09. The van der Waals surface area contributed by atoms with Gasteiger partial charge < -0.3 is 0 Å². The predicted octanol–water partition coefficient (Wildman–Crippen LogP) is 5.89. The van der Waals surface area contributed by atoms with Crippen molar-refractivity contribution in [1.29, 1.82) is 0 Å². The molecule has 0 saturated carbocycles. The van der Waals surface area contributed by atoms with Gasteiger partial charge in [0.1, 0.15) is 5.82 Å². The van der Waals surface area contributed by atoms with Crippen molar-refractivity contribution in [3.05, 3.63) is 125 Å². The number of benzene rings is 4. The summed E-state index contributed by atoms with van der Waals surface area (Å²) in [7, 11) is 0. The van der Waals surface area contributed by atoms with Crippen molar-refractivity contribution >= 4 is 29.1 Å². The van der Waals surface area contributed by atoms with E-state index in [1.54, 1.807) is 36.0 Å². The summed E-state index contributed by atoms with van der Waals surface area (Å²) in [5.74, 6) is -0.531. The summed E-state index contributed by atoms with van der Waals surface area (Å²) in [5, 5.41) is 0. The third-order valence-electron chi connectivity index (χ3n) is 5.27. The monoisotopic (exact) mass is 453 g/mol. The minimum atomic E-state index is -0.294. The zero-order chi connectivity index (χ0) is 22.6. The molecule has 0 atom stereocenters. The van der Waals surface area contributed by atoms with Gasteiger partial charge in [-0.25, -0.2) is 14.8 Å². The van der Waals surface area contributed by atoms with Crippen LogP contribution in [0.25, 0.3) is 0 Å². The Morgan fingerprint density at radius 3 is 2.42 bits per heavy atom. The molecule has 0 radical (unpaired) electrons. The first-order chi connectivity index (χ1) is 16.2. The number of amides is 1. The van der Waals surface area contributed by atoms with Crippen LogP contribution in [-0.2, 0) is 6.54 Å². The molecule has 2 N–H and O–H groups in total. The van der Waals surface area contributed by atoms with E-state index in [4.69, 9.17) is 4.99 Å². The van der Waals surface area contributed by atoms with E-state index >= 15 is 0 Å². The quantitative estimate of drug-likeness (QED) is 0.326. The van der Waals surface area contributed by atoms with Crippen LogP contribution in [0.1, 0.15) is 27.0 Å². The molecule has 4 aromatic carbocycles. The molecule has 5 rings (SSSR count). The Morgan fingerprint density at radius 1 is 0.848 bits per heavy atom. The Kier molecular flexibility index (Phi) is 6.02. The molecular weight excluding hydrogens is 433 g/mol. The molecule has 6 heteroatoms. The maximum atomic E-state index is 13.5. The molecule has 33 heavy (non-hydrogen) atoms. The van der Waals surface area contributed by atoms with Crippen molar-refractivity contribution in [2.75, 3.05) is 0 Å². The molecule has 1 heterocycles. The predicted molar refractivity (Wildman–Crippen MR) is 129 cm³/mol. The lowest BCUT2D eigenvalue weighted by Crippen LogP contribution is -2.36. The van der Waals surface area contributed by atoms with Gasteiger partial charge in [0.25, 0.3) is 5.91 Å². The number of nitrogens with one attached hydrogen (secondary N) is 2. The highest BCUT2D eigenvalue weighted by Crippen LogP contribution is 2.41. The molecule has 1 amide bonds. The largest absolute Gasteiger partial charge is 0.287 e. The molecule has 0 fully saturated rings. The van der Waals surface area contributed by atoms with Crippen molar-refractivity contribution in [2.45, 2.75) is 16.3 Å². The third-order valence-corrected chi connectivity index (χ3v) is 6.41. The summed E-state index contributed by atoms with van der Waals surface area (Å²) in [5.41, 5.74) is 10.5. The molecule has 0 saturated heterocycles. The SMILES string of the molecule is O=C(NNCc1ccccc1)c1ccc2c(c1)N=C(c1ccc(F)cc1)c1ccccc1S2. The van der Waals surface area contributed by atoms with Crippen LogP contribution >= 0.6 is 11.8 Å². The summed E-state index contributed by atoms with van der Waals surface area (Å²) in [6, 6.07) is 29.7. The number of carbonyl (C=O) groups excluding carboxylic acids is 1. The summed E-state index contributed by atoms with van der Waals surface area (Å²) in [4.78, 5) is 19.7. The minimum Gasteiger partial charge on any atom is -0.287 e. The Hall–Kier alpha value is -3.74. The summed E-state index contributed by atoms with van der Waals surface area (Å²) < 4.78 is 13.5. The van der Waals surface area contributed by atoms with Crippen LogP contribution in [0.15, 0.2) is 112 Å². The van der Waals surface area contributed by atoms with E-state index in [9.17, 15) is 9.18 Å². The van der Waals surface area contributed by atoms with Crippen molar-refractivity contribution in [3.63, 3.8) is 0 Å². The fourth-order valence-electron chi connectivity index (χ4n) is 3.61. The van der Waals surface area contributed by atoms with Crippen LogP contribution in [0.5, 0.6) is 0 Å². The van der Waals surface area contributed by atoms with Gasteiger partial charge in [0.05, 0.1) is 11.4 Å². The van der Waals surface area contributed by atoms with E-state index in [-0.39, 0.29) is 11.7 Å². The first-order valence-electron chi connectivity index (χ1n) is 10.5. The van der Waals surface area contributed by atoms with Crippen LogP contribution in [-0.4, -0.2) is 11.6 Å². The van der Waals surface area contributed by atoms with Crippen molar-refractivity contribution in [1.82, 2.24) is 10.9 Å². The molecule has 0 aliphatic carbocycles. The van der Waals surface area contributed by atoms with E-state index in [1.165, 1.54) is 12.1 Å². The topological polar surface area (TPSA) is 53.5 Å². The number of nitrogens with zero attached hydrogens (tertiary/aromatic N) is 1. The summed E-state index contributed by atoms with van der Waals surface area (Å²) >= 11 is 1.60. The Bertz CT molecular complexity index is 1340. The Balaban J connectivity index is 1.45. The number of aliphatic imine (C=N–C) groups is 1. The standard InChI is InChI=1S/C27H20FN3OS/c28-21-13-10-19(11-14-21)26-22-8-4-5-9-24(22)33-25-15-12-20(16-23(25)30-26)27(32)31-29-17-18-6-2-1-3-7-18/h1-16,29H,17H2,(H,31,32). The van der Waals surface area contributed by atoms with Crippen LogP contribution < -0.4 is 10.9 Å². The second-order valence-electron chi connectivity index (χ2n) is 7.54. The van der Waals surface area contributed by atoms with E-state index in [1.807, 2.05) is 60.7 Å². The lowest BCUT2D eigenvalue weighted by molar-refractivity contribution is 0.0932. The number of hydrogen-bond acceptors (Lipinski definition) is 4. The van der Waals surface area contributed by atoms with Crippen molar-refractivity contribution in [2.24, 2.45) is 4.99 Å². The van der Waals surface area contributed by atoms with E-state index < -0.39 is 0 Å². The second kappa shape index (κ2) is 9.40. The molecule has 4 aromatic rings. The van der Waals surface area contributed by atoms with Gasteiger partial charge in [0, 0.05) is 33.0 Å². The van der Waals surface area contributed by atoms with Gasteiger partial charge in [-0.3, -0.25) is 10.2 Å². The van der Waals surface area contributed by atoms with Crippen LogP contribution in [0.2, 0.25) is 0 Å². The van der Waals surface area contributed by atoms with Gasteiger partial charge in [-0.1, -0.05) is 60.3 Å². The molecule has 4 nitrogen and oxygen atoms in total. The maximum Gasteiger partial charge on any atom is 0.265 e. The highest BCUT2D eigenvalue weighted by molar-refractivity contribution is 7.99. The van der Waals surface area contributed by atoms with E-state index in [0.717, 1.165) is 32.2 Å². The fourth-order valence-corrected chi connectivity index (χ4v) is 4.61. The van der Waals surface area contributed by atoms with Gasteiger partial charge in [0.2, 0.25) is 0 Å². The number of hydrazine groups is 1. The molecule has 0 bridgehead atoms. The van der Waals surface area contributed by atoms with Gasteiger partial charge in [-0.05, 0) is 54.1 Å². The zero-order valence-corrected chi connectivity index (χ0v) is 18.4. The van der Waals surface area contributed by atoms with E-state index in [0.29, 0.717) is 17.8 Å². The number of carbonyl (C=O) groups is 1. The number of hydrogen-bond donors (Lipinski definition) is 2. The fraction of sp³-hybridized carbons (Fsp3) is 0.0370. The Morgan fingerprint density at radius 2 is 1.61 bits per heavy atom. The van der Waals surface area contributed by atoms with Crippen LogP contribution in [0, 0.1) is 5.82 Å². The molecule has 0 spiro atoms. The number of rotatable bonds is 5. The molecule has 0 unspecified atom stereocenters. The molecule has 1 aliphatic heterocycles. The highest BCUT2D eigenvalue weighted by atomic mass is 32.2. The minimum absolute atomic E-state index is 0.237.